The number of para-hydroxylation sites is 1. The lowest BCUT2D eigenvalue weighted by Crippen LogP contribution is -2.47. The molecule has 1 saturated heterocycles. The molecular formula is C22H26N4O2. The first kappa shape index (κ1) is 18.5. The molecule has 2 aliphatic heterocycles. The van der Waals surface area contributed by atoms with Crippen molar-refractivity contribution in [2.75, 3.05) is 44.2 Å². The van der Waals surface area contributed by atoms with Crippen molar-refractivity contribution >= 4 is 17.5 Å². The van der Waals surface area contributed by atoms with Gasteiger partial charge in [-0.1, -0.05) is 30.3 Å². The third-order valence-corrected chi connectivity index (χ3v) is 5.67. The van der Waals surface area contributed by atoms with E-state index in [9.17, 15) is 9.59 Å². The van der Waals surface area contributed by atoms with Gasteiger partial charge in [-0.05, 0) is 36.7 Å². The maximum absolute atomic E-state index is 12.7. The first-order valence-corrected chi connectivity index (χ1v) is 9.87. The highest BCUT2D eigenvalue weighted by Gasteiger charge is 2.30. The molecule has 0 radical (unpaired) electrons. The van der Waals surface area contributed by atoms with E-state index < -0.39 is 5.91 Å². The minimum Gasteiger partial charge on any atom is -0.369 e. The minimum atomic E-state index is -0.539. The molecule has 0 saturated carbocycles. The van der Waals surface area contributed by atoms with Crippen molar-refractivity contribution in [1.82, 2.24) is 9.80 Å². The zero-order chi connectivity index (χ0) is 19.5. The minimum absolute atomic E-state index is 0.0710. The number of fused-ring (bicyclic) bond motifs is 1. The second kappa shape index (κ2) is 8.02. The molecule has 0 aliphatic carbocycles. The Morgan fingerprint density at radius 1 is 0.929 bits per heavy atom. The van der Waals surface area contributed by atoms with Crippen LogP contribution in [0.2, 0.25) is 0 Å². The molecule has 2 amide bonds. The molecule has 0 atom stereocenters. The van der Waals surface area contributed by atoms with Crippen LogP contribution in [-0.4, -0.2) is 60.9 Å². The number of primary amides is 1. The predicted octanol–water partition coefficient (Wildman–Crippen LogP) is 1.95. The van der Waals surface area contributed by atoms with E-state index in [1.165, 1.54) is 5.69 Å². The van der Waals surface area contributed by atoms with E-state index in [1.807, 2.05) is 17.0 Å². The number of benzene rings is 2. The van der Waals surface area contributed by atoms with Gasteiger partial charge in [0.2, 0.25) is 5.91 Å². The van der Waals surface area contributed by atoms with Crippen LogP contribution in [0.5, 0.6) is 0 Å². The number of amides is 2. The lowest BCUT2D eigenvalue weighted by atomic mass is 10.0. The van der Waals surface area contributed by atoms with Crippen molar-refractivity contribution in [1.29, 1.82) is 0 Å². The number of hydrogen-bond donors (Lipinski definition) is 1. The fourth-order valence-corrected chi connectivity index (χ4v) is 4.16. The van der Waals surface area contributed by atoms with Crippen LogP contribution < -0.4 is 10.6 Å². The fourth-order valence-electron chi connectivity index (χ4n) is 4.16. The van der Waals surface area contributed by atoms with Crippen molar-refractivity contribution in [2.24, 2.45) is 5.73 Å². The number of anilines is 1. The Labute approximate surface area is 165 Å². The second-order valence-corrected chi connectivity index (χ2v) is 7.45. The Morgan fingerprint density at radius 2 is 1.68 bits per heavy atom. The van der Waals surface area contributed by atoms with E-state index >= 15 is 0 Å². The molecule has 2 heterocycles. The molecule has 4 rings (SSSR count). The lowest BCUT2D eigenvalue weighted by Gasteiger charge is -2.36. The van der Waals surface area contributed by atoms with Crippen molar-refractivity contribution in [3.05, 3.63) is 65.2 Å². The molecule has 2 N–H and O–H groups in total. The highest BCUT2D eigenvalue weighted by atomic mass is 16.2. The SMILES string of the molecule is NC(=O)c1cccc2c1C(=O)N(CCCN1CCN(c3ccccc3)CC1)C2. The van der Waals surface area contributed by atoms with Gasteiger partial charge < -0.3 is 15.5 Å². The first-order valence-electron chi connectivity index (χ1n) is 9.87. The largest absolute Gasteiger partial charge is 0.369 e. The summed E-state index contributed by atoms with van der Waals surface area (Å²) in [5.41, 5.74) is 8.44. The molecule has 0 spiro atoms. The zero-order valence-electron chi connectivity index (χ0n) is 16.0. The summed E-state index contributed by atoms with van der Waals surface area (Å²) in [5.74, 6) is -0.610. The predicted molar refractivity (Wildman–Crippen MR) is 109 cm³/mol. The van der Waals surface area contributed by atoms with Crippen LogP contribution in [0.3, 0.4) is 0 Å². The Morgan fingerprint density at radius 3 is 2.39 bits per heavy atom. The van der Waals surface area contributed by atoms with Crippen LogP contribution >= 0.6 is 0 Å². The van der Waals surface area contributed by atoms with Crippen molar-refractivity contribution in [3.8, 4) is 0 Å². The van der Waals surface area contributed by atoms with Gasteiger partial charge in [0.25, 0.3) is 5.91 Å². The molecule has 6 heteroatoms. The van der Waals surface area contributed by atoms with E-state index in [2.05, 4.69) is 34.1 Å². The molecule has 0 unspecified atom stereocenters. The van der Waals surface area contributed by atoms with E-state index in [0.717, 1.165) is 44.7 Å². The Kier molecular flexibility index (Phi) is 5.30. The molecule has 2 aliphatic rings. The summed E-state index contributed by atoms with van der Waals surface area (Å²) in [7, 11) is 0. The van der Waals surface area contributed by atoms with Gasteiger partial charge in [0.05, 0.1) is 11.1 Å². The monoisotopic (exact) mass is 378 g/mol. The number of carbonyl (C=O) groups excluding carboxylic acids is 2. The molecule has 2 aromatic rings. The third-order valence-electron chi connectivity index (χ3n) is 5.67. The molecular weight excluding hydrogens is 352 g/mol. The number of nitrogens with two attached hydrogens (primary N) is 1. The second-order valence-electron chi connectivity index (χ2n) is 7.45. The zero-order valence-corrected chi connectivity index (χ0v) is 16.0. The van der Waals surface area contributed by atoms with Gasteiger partial charge in [0, 0.05) is 45.0 Å². The number of nitrogens with zero attached hydrogens (tertiary/aromatic N) is 3. The van der Waals surface area contributed by atoms with Gasteiger partial charge >= 0.3 is 0 Å². The average molecular weight is 378 g/mol. The highest BCUT2D eigenvalue weighted by molar-refractivity contribution is 6.09. The van der Waals surface area contributed by atoms with Gasteiger partial charge in [-0.15, -0.1) is 0 Å². The van der Waals surface area contributed by atoms with Crippen LogP contribution in [0.1, 0.15) is 32.7 Å². The summed E-state index contributed by atoms with van der Waals surface area (Å²) in [6.45, 7) is 6.37. The summed E-state index contributed by atoms with van der Waals surface area (Å²) in [6, 6.07) is 15.9. The van der Waals surface area contributed by atoms with Crippen molar-refractivity contribution < 1.29 is 9.59 Å². The van der Waals surface area contributed by atoms with Gasteiger partial charge in [0.1, 0.15) is 0 Å². The number of carbonyl (C=O) groups is 2. The van der Waals surface area contributed by atoms with E-state index in [4.69, 9.17) is 5.73 Å². The molecule has 0 bridgehead atoms. The van der Waals surface area contributed by atoms with Crippen LogP contribution in [-0.2, 0) is 6.54 Å². The van der Waals surface area contributed by atoms with Crippen molar-refractivity contribution in [3.63, 3.8) is 0 Å². The first-order chi connectivity index (χ1) is 13.6. The van der Waals surface area contributed by atoms with Gasteiger partial charge in [-0.2, -0.15) is 0 Å². The molecule has 146 valence electrons. The van der Waals surface area contributed by atoms with E-state index in [-0.39, 0.29) is 5.91 Å². The average Bonchev–Trinajstić information content (AvgIpc) is 3.05. The van der Waals surface area contributed by atoms with Crippen LogP contribution in [0.25, 0.3) is 0 Å². The lowest BCUT2D eigenvalue weighted by molar-refractivity contribution is 0.0766. The Hall–Kier alpha value is -2.86. The molecule has 0 aromatic heterocycles. The van der Waals surface area contributed by atoms with Crippen LogP contribution in [0, 0.1) is 0 Å². The summed E-state index contributed by atoms with van der Waals surface area (Å²) >= 11 is 0. The van der Waals surface area contributed by atoms with E-state index in [1.54, 1.807) is 12.1 Å². The summed E-state index contributed by atoms with van der Waals surface area (Å²) in [6.07, 6.45) is 0.928. The van der Waals surface area contributed by atoms with Gasteiger partial charge in [-0.25, -0.2) is 0 Å². The quantitative estimate of drug-likeness (QED) is 0.834. The van der Waals surface area contributed by atoms with Crippen LogP contribution in [0.4, 0.5) is 5.69 Å². The highest BCUT2D eigenvalue weighted by Crippen LogP contribution is 2.26. The number of hydrogen-bond acceptors (Lipinski definition) is 4. The third kappa shape index (κ3) is 3.73. The fraction of sp³-hybridized carbons (Fsp3) is 0.364. The Bertz CT molecular complexity index is 860. The smallest absolute Gasteiger partial charge is 0.255 e. The number of rotatable bonds is 6. The summed E-state index contributed by atoms with van der Waals surface area (Å²) < 4.78 is 0. The Balaban J connectivity index is 1.26. The molecule has 2 aromatic carbocycles. The number of piperazine rings is 1. The standard InChI is InChI=1S/C22H26N4O2/c23-21(27)19-9-4-6-17-16-26(22(28)20(17)19)11-5-10-24-12-14-25(15-13-24)18-7-2-1-3-8-18/h1-4,6-9H,5,10-16H2,(H2,23,27). The molecule has 6 nitrogen and oxygen atoms in total. The summed E-state index contributed by atoms with van der Waals surface area (Å²) in [4.78, 5) is 31.0. The van der Waals surface area contributed by atoms with Gasteiger partial charge in [0.15, 0.2) is 0 Å². The molecule has 28 heavy (non-hydrogen) atoms. The maximum atomic E-state index is 12.7. The van der Waals surface area contributed by atoms with E-state index in [0.29, 0.717) is 24.2 Å². The van der Waals surface area contributed by atoms with Crippen molar-refractivity contribution in [2.45, 2.75) is 13.0 Å². The normalized spacial score (nSPS) is 17.1. The maximum Gasteiger partial charge on any atom is 0.255 e. The van der Waals surface area contributed by atoms with Gasteiger partial charge in [-0.3, -0.25) is 14.5 Å². The topological polar surface area (TPSA) is 69.9 Å². The summed E-state index contributed by atoms with van der Waals surface area (Å²) in [5, 5.41) is 0. The van der Waals surface area contributed by atoms with Crippen LogP contribution in [0.15, 0.2) is 48.5 Å². The molecule has 1 fully saturated rings.